The quantitative estimate of drug-likeness (QED) is 0.898. The topological polar surface area (TPSA) is 87.9 Å². The number of rotatable bonds is 5. The van der Waals surface area contributed by atoms with Gasteiger partial charge >= 0.3 is 0 Å². The molecule has 2 aromatic carbocycles. The van der Waals surface area contributed by atoms with Crippen molar-refractivity contribution in [3.05, 3.63) is 48.0 Å². The van der Waals surface area contributed by atoms with Gasteiger partial charge in [0.2, 0.25) is 6.79 Å². The lowest BCUT2D eigenvalue weighted by Gasteiger charge is -2.17. The van der Waals surface area contributed by atoms with Crippen molar-refractivity contribution in [3.8, 4) is 17.2 Å². The zero-order chi connectivity index (χ0) is 16.4. The molecular weight excluding hydrogens is 318 g/mol. The van der Waals surface area contributed by atoms with E-state index >= 15 is 0 Å². The van der Waals surface area contributed by atoms with Gasteiger partial charge in [-0.2, -0.15) is 0 Å². The fourth-order valence-electron chi connectivity index (χ4n) is 2.48. The van der Waals surface area contributed by atoms with Crippen LogP contribution < -0.4 is 19.9 Å². The molecule has 2 aromatic rings. The summed E-state index contributed by atoms with van der Waals surface area (Å²) in [6, 6.07) is 11.3. The molecule has 0 fully saturated rings. The summed E-state index contributed by atoms with van der Waals surface area (Å²) < 4.78 is 41.3. The molecule has 0 spiro atoms. The van der Waals surface area contributed by atoms with Crippen molar-refractivity contribution in [1.82, 2.24) is 0 Å². The van der Waals surface area contributed by atoms with E-state index in [0.29, 0.717) is 22.8 Å². The minimum atomic E-state index is -3.62. The van der Waals surface area contributed by atoms with Gasteiger partial charge in [-0.3, -0.25) is 0 Å². The molecule has 0 bridgehead atoms. The molecule has 1 heterocycles. The number of sulfone groups is 1. The number of benzene rings is 2. The highest BCUT2D eigenvalue weighted by molar-refractivity contribution is 7.91. The monoisotopic (exact) mass is 335 g/mol. The van der Waals surface area contributed by atoms with Crippen molar-refractivity contribution < 1.29 is 22.6 Å². The Labute approximate surface area is 134 Å². The molecule has 0 saturated carbocycles. The van der Waals surface area contributed by atoms with Crippen molar-refractivity contribution in [1.29, 1.82) is 0 Å². The number of methoxy groups -OCH3 is 1. The molecule has 1 aliphatic rings. The fraction of sp³-hybridized carbons (Fsp3) is 0.250. The summed E-state index contributed by atoms with van der Waals surface area (Å²) in [5, 5.41) is -0.856. The minimum absolute atomic E-state index is 0.0337. The summed E-state index contributed by atoms with van der Waals surface area (Å²) >= 11 is 0. The van der Waals surface area contributed by atoms with Crippen LogP contribution in [-0.2, 0) is 9.84 Å². The Balaban J connectivity index is 1.98. The average molecular weight is 335 g/mol. The second kappa shape index (κ2) is 6.10. The Morgan fingerprint density at radius 1 is 1.13 bits per heavy atom. The molecule has 0 unspecified atom stereocenters. The second-order valence-corrected chi connectivity index (χ2v) is 7.19. The molecule has 0 saturated heterocycles. The second-order valence-electron chi connectivity index (χ2n) is 5.06. The van der Waals surface area contributed by atoms with E-state index in [1.807, 2.05) is 0 Å². The van der Waals surface area contributed by atoms with Gasteiger partial charge in [-0.15, -0.1) is 0 Å². The van der Waals surface area contributed by atoms with Crippen LogP contribution in [0.15, 0.2) is 47.4 Å². The van der Waals surface area contributed by atoms with Gasteiger partial charge < -0.3 is 19.9 Å². The van der Waals surface area contributed by atoms with Crippen LogP contribution in [0.3, 0.4) is 0 Å². The molecule has 7 heteroatoms. The fourth-order valence-corrected chi connectivity index (χ4v) is 4.09. The molecule has 122 valence electrons. The smallest absolute Gasteiger partial charge is 0.231 e. The van der Waals surface area contributed by atoms with Gasteiger partial charge in [0.15, 0.2) is 21.3 Å². The predicted octanol–water partition coefficient (Wildman–Crippen LogP) is 1.90. The molecule has 1 aliphatic heterocycles. The van der Waals surface area contributed by atoms with Gasteiger partial charge in [0.05, 0.1) is 12.0 Å². The van der Waals surface area contributed by atoms with E-state index in [1.54, 1.807) is 30.3 Å². The predicted molar refractivity (Wildman–Crippen MR) is 84.5 cm³/mol. The maximum Gasteiger partial charge on any atom is 0.231 e. The standard InChI is InChI=1S/C16H17NO5S/c1-20-12-3-5-13(6-4-12)23(18,19)16(9-17)11-2-7-14-15(8-11)22-10-21-14/h2-8,16H,9-10,17H2,1H3/t16-/m1/s1. The van der Waals surface area contributed by atoms with Crippen LogP contribution in [0.2, 0.25) is 0 Å². The zero-order valence-electron chi connectivity index (χ0n) is 12.6. The highest BCUT2D eigenvalue weighted by Gasteiger charge is 2.29. The van der Waals surface area contributed by atoms with E-state index in [2.05, 4.69) is 0 Å². The van der Waals surface area contributed by atoms with Crippen molar-refractivity contribution in [2.45, 2.75) is 10.1 Å². The minimum Gasteiger partial charge on any atom is -0.497 e. The van der Waals surface area contributed by atoms with Crippen LogP contribution in [0.5, 0.6) is 17.2 Å². The molecule has 6 nitrogen and oxygen atoms in total. The van der Waals surface area contributed by atoms with Crippen LogP contribution >= 0.6 is 0 Å². The maximum atomic E-state index is 12.9. The summed E-state index contributed by atoms with van der Waals surface area (Å²) in [7, 11) is -2.10. The first-order valence-corrected chi connectivity index (χ1v) is 8.58. The summed E-state index contributed by atoms with van der Waals surface area (Å²) in [4.78, 5) is 0.200. The van der Waals surface area contributed by atoms with Crippen molar-refractivity contribution >= 4 is 9.84 Å². The Bertz CT molecular complexity index is 802. The van der Waals surface area contributed by atoms with Crippen molar-refractivity contribution in [2.24, 2.45) is 5.73 Å². The molecule has 2 N–H and O–H groups in total. The van der Waals surface area contributed by atoms with E-state index in [-0.39, 0.29) is 18.2 Å². The lowest BCUT2D eigenvalue weighted by molar-refractivity contribution is 0.174. The Kier molecular flexibility index (Phi) is 4.14. The van der Waals surface area contributed by atoms with Gasteiger partial charge in [-0.25, -0.2) is 8.42 Å². The van der Waals surface area contributed by atoms with Crippen LogP contribution in [0, 0.1) is 0 Å². The summed E-state index contributed by atoms with van der Waals surface area (Å²) in [6.45, 7) is 0.102. The average Bonchev–Trinajstić information content (AvgIpc) is 3.03. The molecule has 0 amide bonds. The third-order valence-electron chi connectivity index (χ3n) is 3.75. The Morgan fingerprint density at radius 2 is 1.83 bits per heavy atom. The molecule has 3 rings (SSSR count). The van der Waals surface area contributed by atoms with E-state index in [0.717, 1.165) is 0 Å². The Hall–Kier alpha value is -2.25. The van der Waals surface area contributed by atoms with Crippen molar-refractivity contribution in [3.63, 3.8) is 0 Å². The van der Waals surface area contributed by atoms with Gasteiger partial charge in [-0.05, 0) is 42.0 Å². The largest absolute Gasteiger partial charge is 0.497 e. The van der Waals surface area contributed by atoms with Crippen molar-refractivity contribution in [2.75, 3.05) is 20.4 Å². The first-order chi connectivity index (χ1) is 11.1. The molecular formula is C16H17NO5S. The first-order valence-electron chi connectivity index (χ1n) is 7.04. The summed E-state index contributed by atoms with van der Waals surface area (Å²) in [5.41, 5.74) is 6.33. The highest BCUT2D eigenvalue weighted by Crippen LogP contribution is 2.37. The van der Waals surface area contributed by atoms with Gasteiger partial charge in [0.1, 0.15) is 11.0 Å². The molecule has 0 aromatic heterocycles. The lowest BCUT2D eigenvalue weighted by atomic mass is 10.1. The number of hydrogen-bond acceptors (Lipinski definition) is 6. The van der Waals surface area contributed by atoms with E-state index in [1.165, 1.54) is 19.2 Å². The van der Waals surface area contributed by atoms with Crippen LogP contribution in [0.25, 0.3) is 0 Å². The normalized spacial score (nSPS) is 14.5. The zero-order valence-corrected chi connectivity index (χ0v) is 13.4. The van der Waals surface area contributed by atoms with Crippen LogP contribution in [0.1, 0.15) is 10.8 Å². The van der Waals surface area contributed by atoms with Gasteiger partial charge in [0, 0.05) is 6.54 Å². The van der Waals surface area contributed by atoms with E-state index in [4.69, 9.17) is 19.9 Å². The third-order valence-corrected chi connectivity index (χ3v) is 5.89. The number of hydrogen-bond donors (Lipinski definition) is 1. The third kappa shape index (κ3) is 2.85. The van der Waals surface area contributed by atoms with Crippen LogP contribution in [-0.4, -0.2) is 28.9 Å². The van der Waals surface area contributed by atoms with Gasteiger partial charge in [0.25, 0.3) is 0 Å². The Morgan fingerprint density at radius 3 is 2.48 bits per heavy atom. The molecule has 1 atom stereocenters. The van der Waals surface area contributed by atoms with Gasteiger partial charge in [-0.1, -0.05) is 6.07 Å². The maximum absolute atomic E-state index is 12.9. The number of fused-ring (bicyclic) bond motifs is 1. The van der Waals surface area contributed by atoms with Crippen LogP contribution in [0.4, 0.5) is 0 Å². The number of ether oxygens (including phenoxy) is 3. The lowest BCUT2D eigenvalue weighted by Crippen LogP contribution is -2.22. The highest BCUT2D eigenvalue weighted by atomic mass is 32.2. The number of nitrogens with two attached hydrogens (primary N) is 1. The SMILES string of the molecule is COc1ccc(S(=O)(=O)[C@H](CN)c2ccc3c(c2)OCO3)cc1. The molecule has 0 aliphatic carbocycles. The van der Waals surface area contributed by atoms with E-state index < -0.39 is 15.1 Å². The first kappa shape index (κ1) is 15.6. The summed E-state index contributed by atoms with van der Waals surface area (Å²) in [6.07, 6.45) is 0. The molecule has 0 radical (unpaired) electrons. The summed E-state index contributed by atoms with van der Waals surface area (Å²) in [5.74, 6) is 1.73. The molecule has 23 heavy (non-hydrogen) atoms. The van der Waals surface area contributed by atoms with E-state index in [9.17, 15) is 8.42 Å².